The summed E-state index contributed by atoms with van der Waals surface area (Å²) in [6.07, 6.45) is 0. The number of rotatable bonds is 5. The first-order chi connectivity index (χ1) is 11.6. The molecule has 1 aromatic carbocycles. The van der Waals surface area contributed by atoms with Gasteiger partial charge in [0, 0.05) is 31.7 Å². The maximum atomic E-state index is 5.67. The molecular formula is C16H22N4O3S. The zero-order valence-electron chi connectivity index (χ0n) is 14.2. The molecule has 1 aliphatic heterocycles. The Kier molecular flexibility index (Phi) is 5.17. The molecule has 0 N–H and O–H groups in total. The fraction of sp³-hybridized carbons (Fsp3) is 0.500. The molecule has 0 unspecified atom stereocenters. The van der Waals surface area contributed by atoms with E-state index in [-0.39, 0.29) is 0 Å². The first-order valence-electron chi connectivity index (χ1n) is 7.82. The van der Waals surface area contributed by atoms with E-state index in [1.807, 2.05) is 18.2 Å². The fourth-order valence-electron chi connectivity index (χ4n) is 2.66. The molecule has 130 valence electrons. The zero-order valence-corrected chi connectivity index (χ0v) is 15.0. The third-order valence-corrected chi connectivity index (χ3v) is 4.46. The summed E-state index contributed by atoms with van der Waals surface area (Å²) in [6, 6.07) is 5.54. The predicted octanol–water partition coefficient (Wildman–Crippen LogP) is 2.09. The summed E-state index contributed by atoms with van der Waals surface area (Å²) in [6.45, 7) is 4.73. The molecule has 1 saturated heterocycles. The number of likely N-dealkylation sites (N-methyl/N-ethyl adjacent to an activating group) is 1. The smallest absolute Gasteiger partial charge is 0.288 e. The molecule has 1 aliphatic rings. The van der Waals surface area contributed by atoms with Crippen molar-refractivity contribution in [2.24, 2.45) is 0 Å². The Hall–Kier alpha value is -1.90. The SMILES string of the molecule is COc1ccc(-c2nn(CN3CCN(C)CC3)c(=S)o2)cc1OC. The molecule has 8 heteroatoms. The van der Waals surface area contributed by atoms with Gasteiger partial charge in [-0.15, -0.1) is 5.10 Å². The van der Waals surface area contributed by atoms with Gasteiger partial charge in [-0.3, -0.25) is 4.90 Å². The Morgan fingerprint density at radius 2 is 1.83 bits per heavy atom. The number of methoxy groups -OCH3 is 2. The predicted molar refractivity (Wildman–Crippen MR) is 92.9 cm³/mol. The van der Waals surface area contributed by atoms with Crippen molar-refractivity contribution in [2.45, 2.75) is 6.67 Å². The highest BCUT2D eigenvalue weighted by atomic mass is 32.1. The van der Waals surface area contributed by atoms with E-state index < -0.39 is 0 Å². The van der Waals surface area contributed by atoms with Crippen molar-refractivity contribution in [2.75, 3.05) is 47.4 Å². The van der Waals surface area contributed by atoms with Crippen LogP contribution in [0.4, 0.5) is 0 Å². The van der Waals surface area contributed by atoms with Crippen molar-refractivity contribution in [1.82, 2.24) is 19.6 Å². The van der Waals surface area contributed by atoms with Crippen LogP contribution >= 0.6 is 12.2 Å². The van der Waals surface area contributed by atoms with E-state index in [1.54, 1.807) is 18.9 Å². The molecule has 2 aromatic rings. The minimum atomic E-state index is 0.374. The lowest BCUT2D eigenvalue weighted by Crippen LogP contribution is -2.45. The van der Waals surface area contributed by atoms with Crippen molar-refractivity contribution < 1.29 is 13.9 Å². The maximum Gasteiger partial charge on any atom is 0.288 e. The summed E-state index contributed by atoms with van der Waals surface area (Å²) >= 11 is 5.32. The van der Waals surface area contributed by atoms with E-state index in [1.165, 1.54) is 0 Å². The Morgan fingerprint density at radius 1 is 1.12 bits per heavy atom. The van der Waals surface area contributed by atoms with Crippen LogP contribution < -0.4 is 9.47 Å². The lowest BCUT2D eigenvalue weighted by atomic mass is 10.2. The van der Waals surface area contributed by atoms with Gasteiger partial charge in [-0.25, -0.2) is 4.68 Å². The van der Waals surface area contributed by atoms with Crippen LogP contribution in [0.15, 0.2) is 22.6 Å². The van der Waals surface area contributed by atoms with Crippen LogP contribution in [0.5, 0.6) is 11.5 Å². The van der Waals surface area contributed by atoms with Crippen molar-refractivity contribution in [3.63, 3.8) is 0 Å². The second-order valence-corrected chi connectivity index (χ2v) is 6.15. The van der Waals surface area contributed by atoms with Gasteiger partial charge in [0.1, 0.15) is 0 Å². The third kappa shape index (κ3) is 3.61. The van der Waals surface area contributed by atoms with Crippen molar-refractivity contribution in [1.29, 1.82) is 0 Å². The summed E-state index contributed by atoms with van der Waals surface area (Å²) in [5, 5.41) is 4.52. The number of hydrogen-bond acceptors (Lipinski definition) is 7. The highest BCUT2D eigenvalue weighted by Crippen LogP contribution is 2.31. The van der Waals surface area contributed by atoms with Crippen LogP contribution in [0.2, 0.25) is 0 Å². The number of aromatic nitrogens is 2. The molecule has 0 saturated carbocycles. The van der Waals surface area contributed by atoms with Gasteiger partial charge in [0.05, 0.1) is 20.9 Å². The standard InChI is InChI=1S/C16H22N4O3S/c1-18-6-8-19(9-7-18)11-20-16(24)23-15(17-20)12-4-5-13(21-2)14(10-12)22-3/h4-5,10H,6-9,11H2,1-3H3. The van der Waals surface area contributed by atoms with E-state index in [2.05, 4.69) is 21.9 Å². The lowest BCUT2D eigenvalue weighted by molar-refractivity contribution is 0.118. The highest BCUT2D eigenvalue weighted by molar-refractivity contribution is 7.71. The number of benzene rings is 1. The van der Waals surface area contributed by atoms with Gasteiger partial charge >= 0.3 is 0 Å². The molecule has 1 aromatic heterocycles. The monoisotopic (exact) mass is 350 g/mol. The molecule has 2 heterocycles. The highest BCUT2D eigenvalue weighted by Gasteiger charge is 2.17. The Labute approximate surface area is 146 Å². The Morgan fingerprint density at radius 3 is 2.50 bits per heavy atom. The van der Waals surface area contributed by atoms with Crippen LogP contribution in [0.3, 0.4) is 0 Å². The third-order valence-electron chi connectivity index (χ3n) is 4.17. The summed E-state index contributed by atoms with van der Waals surface area (Å²) in [4.78, 5) is 5.00. The topological polar surface area (TPSA) is 55.9 Å². The first kappa shape index (κ1) is 16.9. The van der Waals surface area contributed by atoms with Crippen LogP contribution in [0.25, 0.3) is 11.5 Å². The second-order valence-electron chi connectivity index (χ2n) is 5.81. The van der Waals surface area contributed by atoms with Crippen LogP contribution in [-0.2, 0) is 6.67 Å². The fourth-order valence-corrected chi connectivity index (χ4v) is 2.84. The van der Waals surface area contributed by atoms with Gasteiger partial charge in [-0.1, -0.05) is 0 Å². The minimum Gasteiger partial charge on any atom is -0.493 e. The van der Waals surface area contributed by atoms with Crippen LogP contribution in [-0.4, -0.2) is 67.0 Å². The molecule has 0 atom stereocenters. The normalized spacial score (nSPS) is 16.3. The molecule has 0 radical (unpaired) electrons. The van der Waals surface area contributed by atoms with E-state index in [9.17, 15) is 0 Å². The van der Waals surface area contributed by atoms with Gasteiger partial charge in [0.25, 0.3) is 4.84 Å². The molecule has 3 rings (SSSR count). The molecule has 7 nitrogen and oxygen atoms in total. The maximum absolute atomic E-state index is 5.67. The van der Waals surface area contributed by atoms with Gasteiger partial charge in [-0.05, 0) is 37.5 Å². The minimum absolute atomic E-state index is 0.374. The average Bonchev–Trinajstić information content (AvgIpc) is 2.97. The molecule has 0 aliphatic carbocycles. The number of ether oxygens (including phenoxy) is 2. The lowest BCUT2D eigenvalue weighted by Gasteiger charge is -2.31. The molecule has 0 amide bonds. The molecular weight excluding hydrogens is 328 g/mol. The number of hydrogen-bond donors (Lipinski definition) is 0. The Balaban J connectivity index is 1.80. The van der Waals surface area contributed by atoms with E-state index >= 15 is 0 Å². The van der Waals surface area contributed by atoms with Crippen molar-refractivity contribution in [3.8, 4) is 23.0 Å². The molecule has 0 spiro atoms. The zero-order chi connectivity index (χ0) is 17.1. The largest absolute Gasteiger partial charge is 0.493 e. The Bertz CT molecular complexity index is 750. The van der Waals surface area contributed by atoms with Crippen LogP contribution in [0, 0.1) is 4.84 Å². The van der Waals surface area contributed by atoms with Gasteiger partial charge in [0.2, 0.25) is 5.89 Å². The molecule has 1 fully saturated rings. The van der Waals surface area contributed by atoms with Crippen molar-refractivity contribution in [3.05, 3.63) is 23.0 Å². The van der Waals surface area contributed by atoms with Crippen molar-refractivity contribution >= 4 is 12.2 Å². The van der Waals surface area contributed by atoms with Gasteiger partial charge in [-0.2, -0.15) is 0 Å². The molecule has 0 bridgehead atoms. The van der Waals surface area contributed by atoms with E-state index in [0.717, 1.165) is 31.7 Å². The number of nitrogens with zero attached hydrogens (tertiary/aromatic N) is 4. The number of piperazine rings is 1. The first-order valence-corrected chi connectivity index (χ1v) is 8.23. The summed E-state index contributed by atoms with van der Waals surface area (Å²) in [5.74, 6) is 1.77. The molecule has 24 heavy (non-hydrogen) atoms. The van der Waals surface area contributed by atoms with Crippen LogP contribution in [0.1, 0.15) is 0 Å². The summed E-state index contributed by atoms with van der Waals surface area (Å²) in [7, 11) is 5.34. The van der Waals surface area contributed by atoms with E-state index in [0.29, 0.717) is 28.9 Å². The quantitative estimate of drug-likeness (QED) is 0.765. The summed E-state index contributed by atoms with van der Waals surface area (Å²) in [5.41, 5.74) is 0.802. The second kappa shape index (κ2) is 7.33. The summed E-state index contributed by atoms with van der Waals surface area (Å²) < 4.78 is 18.0. The average molecular weight is 350 g/mol. The van der Waals surface area contributed by atoms with E-state index in [4.69, 9.17) is 26.1 Å². The van der Waals surface area contributed by atoms with Gasteiger partial charge in [0.15, 0.2) is 11.5 Å². The van der Waals surface area contributed by atoms with Gasteiger partial charge < -0.3 is 18.8 Å².